The summed E-state index contributed by atoms with van der Waals surface area (Å²) in [5.41, 5.74) is -1.43. The molecular weight excluding hydrogens is 256 g/mol. The van der Waals surface area contributed by atoms with E-state index in [0.717, 1.165) is 0 Å². The van der Waals surface area contributed by atoms with Crippen molar-refractivity contribution >= 4 is 11.8 Å². The Morgan fingerprint density at radius 3 is 3.06 bits per heavy atom. The number of aliphatic hydroxyl groups is 1. The van der Waals surface area contributed by atoms with Crippen LogP contribution in [0, 0.1) is 0 Å². The number of H-pyrrole nitrogens is 1. The maximum Gasteiger partial charge on any atom is 0.328 e. The summed E-state index contributed by atoms with van der Waals surface area (Å²) >= 11 is 1.60. The van der Waals surface area contributed by atoms with Crippen molar-refractivity contribution in [3.8, 4) is 0 Å². The molecule has 0 amide bonds. The molecule has 18 heavy (non-hydrogen) atoms. The van der Waals surface area contributed by atoms with Crippen molar-refractivity contribution in [2.24, 2.45) is 0 Å². The van der Waals surface area contributed by atoms with Crippen molar-refractivity contribution in [1.82, 2.24) is 9.55 Å². The Labute approximate surface area is 108 Å². The third-order valence-electron chi connectivity index (χ3n) is 3.13. The van der Waals surface area contributed by atoms with Crippen molar-refractivity contribution in [2.75, 3.05) is 25.2 Å². The number of thioether (sulfide) groups is 1. The minimum absolute atomic E-state index is 0.0670. The molecule has 0 spiro atoms. The number of hydrogen-bond donors (Lipinski definition) is 2. The number of nitrogens with zero attached hydrogens (tertiary/aromatic N) is 1. The summed E-state index contributed by atoms with van der Waals surface area (Å²) in [5.74, 6) is 0.679. The van der Waals surface area contributed by atoms with Crippen molar-refractivity contribution in [3.63, 3.8) is 0 Å². The molecule has 2 N–H and O–H groups in total. The van der Waals surface area contributed by atoms with E-state index in [2.05, 4.69) is 4.98 Å². The van der Waals surface area contributed by atoms with Crippen LogP contribution in [0.3, 0.4) is 0 Å². The van der Waals surface area contributed by atoms with Gasteiger partial charge in [-0.1, -0.05) is 0 Å². The molecule has 0 unspecified atom stereocenters. The van der Waals surface area contributed by atoms with Crippen LogP contribution >= 0.6 is 11.8 Å². The lowest BCUT2D eigenvalue weighted by molar-refractivity contribution is -0.0203. The third kappa shape index (κ3) is 2.52. The van der Waals surface area contributed by atoms with Gasteiger partial charge in [0.1, 0.15) is 5.60 Å². The predicted octanol–water partition coefficient (Wildman–Crippen LogP) is -0.408. The van der Waals surface area contributed by atoms with Crippen LogP contribution in [0.4, 0.5) is 0 Å². The highest BCUT2D eigenvalue weighted by atomic mass is 32.2. The molecule has 1 fully saturated rings. The second kappa shape index (κ2) is 5.29. The van der Waals surface area contributed by atoms with Crippen LogP contribution in [0.2, 0.25) is 0 Å². The lowest BCUT2D eigenvalue weighted by Gasteiger charge is -2.24. The monoisotopic (exact) mass is 272 g/mol. The fraction of sp³-hybridized carbons (Fsp3) is 0.636. The standard InChI is InChI=1S/C11H16N2O4S/c1-18-7-11(6-14)4-8(5-17-11)13-3-2-9(15)12-10(13)16/h2-3,8,14H,4-7H2,1H3,(H,12,15,16)/t8-,11-/m0/s1. The Kier molecular flexibility index (Phi) is 3.94. The second-order valence-electron chi connectivity index (χ2n) is 4.46. The Hall–Kier alpha value is -1.05. The fourth-order valence-corrected chi connectivity index (χ4v) is 3.05. The first kappa shape index (κ1) is 13.4. The maximum absolute atomic E-state index is 11.7. The van der Waals surface area contributed by atoms with Crippen molar-refractivity contribution in [3.05, 3.63) is 33.1 Å². The molecule has 1 aliphatic rings. The van der Waals surface area contributed by atoms with E-state index in [4.69, 9.17) is 4.74 Å². The van der Waals surface area contributed by atoms with Gasteiger partial charge in [-0.25, -0.2) is 4.79 Å². The molecule has 6 nitrogen and oxygen atoms in total. The quantitative estimate of drug-likeness (QED) is 0.778. The van der Waals surface area contributed by atoms with Gasteiger partial charge >= 0.3 is 5.69 Å². The summed E-state index contributed by atoms with van der Waals surface area (Å²) in [6.45, 7) is 0.301. The molecule has 1 aliphatic heterocycles. The van der Waals surface area contributed by atoms with Gasteiger partial charge in [0, 0.05) is 24.4 Å². The molecule has 2 heterocycles. The Morgan fingerprint density at radius 1 is 1.67 bits per heavy atom. The topological polar surface area (TPSA) is 84.3 Å². The highest BCUT2D eigenvalue weighted by Crippen LogP contribution is 2.34. The summed E-state index contributed by atoms with van der Waals surface area (Å²) in [5, 5.41) is 9.44. The number of aromatic nitrogens is 2. The molecule has 7 heteroatoms. The van der Waals surface area contributed by atoms with Crippen molar-refractivity contribution < 1.29 is 9.84 Å². The number of nitrogens with one attached hydrogen (secondary N) is 1. The Bertz CT molecular complexity index is 526. The molecule has 0 aromatic carbocycles. The number of hydrogen-bond acceptors (Lipinski definition) is 5. The van der Waals surface area contributed by atoms with Crippen LogP contribution in [0.5, 0.6) is 0 Å². The zero-order valence-corrected chi connectivity index (χ0v) is 10.9. The van der Waals surface area contributed by atoms with Gasteiger partial charge in [0.2, 0.25) is 0 Å². The summed E-state index contributed by atoms with van der Waals surface area (Å²) < 4.78 is 7.12. The van der Waals surface area contributed by atoms with Gasteiger partial charge < -0.3 is 9.84 Å². The minimum Gasteiger partial charge on any atom is -0.393 e. The molecule has 1 saturated heterocycles. The summed E-state index contributed by atoms with van der Waals surface area (Å²) in [6.07, 6.45) is 3.98. The first-order valence-corrected chi connectivity index (χ1v) is 7.05. The lowest BCUT2D eigenvalue weighted by Crippen LogP contribution is -2.36. The van der Waals surface area contributed by atoms with Gasteiger partial charge in [-0.3, -0.25) is 14.3 Å². The number of aliphatic hydroxyl groups excluding tert-OH is 1. The molecule has 2 atom stereocenters. The van der Waals surface area contributed by atoms with Crippen LogP contribution in [0.1, 0.15) is 12.5 Å². The molecule has 1 aromatic heterocycles. The maximum atomic E-state index is 11.7. The average Bonchev–Trinajstić information content (AvgIpc) is 2.74. The van der Waals surface area contributed by atoms with Crippen LogP contribution < -0.4 is 11.2 Å². The van der Waals surface area contributed by atoms with Gasteiger partial charge in [-0.05, 0) is 6.26 Å². The zero-order valence-electron chi connectivity index (χ0n) is 10.1. The normalized spacial score (nSPS) is 27.6. The van der Waals surface area contributed by atoms with Gasteiger partial charge in [0.05, 0.1) is 19.3 Å². The number of rotatable bonds is 4. The molecule has 0 radical (unpaired) electrons. The van der Waals surface area contributed by atoms with Gasteiger partial charge in [-0.2, -0.15) is 11.8 Å². The zero-order chi connectivity index (χ0) is 13.2. The predicted molar refractivity (Wildman–Crippen MR) is 69.1 cm³/mol. The lowest BCUT2D eigenvalue weighted by atomic mass is 10.0. The third-order valence-corrected chi connectivity index (χ3v) is 3.94. The van der Waals surface area contributed by atoms with Gasteiger partial charge in [-0.15, -0.1) is 0 Å². The van der Waals surface area contributed by atoms with Crippen LogP contribution in [-0.2, 0) is 4.74 Å². The number of aromatic amines is 1. The van der Waals surface area contributed by atoms with E-state index in [1.807, 2.05) is 6.26 Å². The van der Waals surface area contributed by atoms with E-state index >= 15 is 0 Å². The van der Waals surface area contributed by atoms with Crippen LogP contribution in [0.15, 0.2) is 21.9 Å². The second-order valence-corrected chi connectivity index (χ2v) is 5.33. The Balaban J connectivity index is 2.22. The average molecular weight is 272 g/mol. The van der Waals surface area contributed by atoms with E-state index in [9.17, 15) is 14.7 Å². The first-order chi connectivity index (χ1) is 8.60. The molecule has 0 aliphatic carbocycles. The van der Waals surface area contributed by atoms with E-state index in [0.29, 0.717) is 18.8 Å². The van der Waals surface area contributed by atoms with Crippen molar-refractivity contribution in [2.45, 2.75) is 18.1 Å². The summed E-state index contributed by atoms with van der Waals surface area (Å²) in [7, 11) is 0. The van der Waals surface area contributed by atoms with E-state index in [1.165, 1.54) is 16.8 Å². The SMILES string of the molecule is CSC[C@@]1(CO)C[C@H](n2ccc(=O)[nH]c2=O)CO1. The highest BCUT2D eigenvalue weighted by molar-refractivity contribution is 7.98. The molecule has 0 bridgehead atoms. The smallest absolute Gasteiger partial charge is 0.328 e. The number of ether oxygens (including phenoxy) is 1. The molecular formula is C11H16N2O4S. The molecule has 1 aromatic rings. The highest BCUT2D eigenvalue weighted by Gasteiger charge is 2.40. The van der Waals surface area contributed by atoms with E-state index in [1.54, 1.807) is 11.8 Å². The molecule has 0 saturated carbocycles. The molecule has 2 rings (SSSR count). The van der Waals surface area contributed by atoms with Crippen LogP contribution in [0.25, 0.3) is 0 Å². The summed E-state index contributed by atoms with van der Waals surface area (Å²) in [4.78, 5) is 24.9. The summed E-state index contributed by atoms with van der Waals surface area (Å²) in [6, 6.07) is 1.17. The van der Waals surface area contributed by atoms with Gasteiger partial charge in [0.25, 0.3) is 5.56 Å². The first-order valence-electron chi connectivity index (χ1n) is 5.65. The van der Waals surface area contributed by atoms with Gasteiger partial charge in [0.15, 0.2) is 0 Å². The van der Waals surface area contributed by atoms with Crippen molar-refractivity contribution in [1.29, 1.82) is 0 Å². The Morgan fingerprint density at radius 2 is 2.44 bits per heavy atom. The molecule has 100 valence electrons. The fourth-order valence-electron chi connectivity index (χ4n) is 2.23. The van der Waals surface area contributed by atoms with E-state index < -0.39 is 16.9 Å². The van der Waals surface area contributed by atoms with E-state index in [-0.39, 0.29) is 12.6 Å². The van der Waals surface area contributed by atoms with Crippen LogP contribution in [-0.4, -0.2) is 45.5 Å². The largest absolute Gasteiger partial charge is 0.393 e. The minimum atomic E-state index is -0.584.